The second-order valence-electron chi connectivity index (χ2n) is 14.8. The van der Waals surface area contributed by atoms with Gasteiger partial charge in [0.05, 0.1) is 5.52 Å². The van der Waals surface area contributed by atoms with Gasteiger partial charge in [-0.2, -0.15) is 10.2 Å². The van der Waals surface area contributed by atoms with Crippen LogP contribution >= 0.6 is 0 Å². The molecule has 0 bridgehead atoms. The van der Waals surface area contributed by atoms with Gasteiger partial charge in [0.15, 0.2) is 29.1 Å². The van der Waals surface area contributed by atoms with Crippen LogP contribution in [0.5, 0.6) is 0 Å². The van der Waals surface area contributed by atoms with Gasteiger partial charge in [-0.05, 0) is 135 Å². The molecule has 0 spiro atoms. The summed E-state index contributed by atoms with van der Waals surface area (Å²) in [6, 6.07) is 13.7. The first-order valence-corrected chi connectivity index (χ1v) is 18.8. The molecular weight excluding hydrogens is 718 g/mol. The molecule has 0 saturated carbocycles. The third-order valence-electron chi connectivity index (χ3n) is 10.7. The summed E-state index contributed by atoms with van der Waals surface area (Å²) in [5, 5.41) is 33.9. The maximum atomic E-state index is 14.9. The predicted octanol–water partition coefficient (Wildman–Crippen LogP) is 6.82. The van der Waals surface area contributed by atoms with Crippen LogP contribution in [-0.2, 0) is 14.1 Å². The van der Waals surface area contributed by atoms with Gasteiger partial charge in [-0.15, -0.1) is 20.4 Å². The van der Waals surface area contributed by atoms with Crippen LogP contribution in [-0.4, -0.2) is 76.1 Å². The Bertz CT molecular complexity index is 2580. The summed E-state index contributed by atoms with van der Waals surface area (Å²) < 4.78 is 47.5. The van der Waals surface area contributed by atoms with Gasteiger partial charge < -0.3 is 10.6 Å². The summed E-state index contributed by atoms with van der Waals surface area (Å²) in [7, 11) is 3.63. The summed E-state index contributed by atoms with van der Waals surface area (Å²) in [6.07, 6.45) is 7.44. The molecule has 0 atom stereocenters. The van der Waals surface area contributed by atoms with Crippen LogP contribution in [0.2, 0.25) is 0 Å². The molecule has 2 saturated heterocycles. The van der Waals surface area contributed by atoms with E-state index in [2.05, 4.69) is 51.2 Å². The highest BCUT2D eigenvalue weighted by Crippen LogP contribution is 2.32. The van der Waals surface area contributed by atoms with E-state index in [0.717, 1.165) is 79.5 Å². The second kappa shape index (κ2) is 14.6. The standard InChI is InChI=1S/C21H21FN6.C20H18F2N6/c1-12-7-14(8-16-11-28(2)27-19(12)16)15-9-17(22)20-18(10-15)25-26-21(24-20)13-3-5-23-6-4-13;1-28-10-14-6-12(7-15(21)18(14)27-28)13-8-16(22)19-17(9-13)25-26-20(24-19)11-2-4-23-5-3-11/h7-11,13,23H,3-6H2,1-2H3;6-11,23H,2-5H2,1H3. The number of piperidine rings is 2. The zero-order valence-electron chi connectivity index (χ0n) is 31.2. The third kappa shape index (κ3) is 6.92. The van der Waals surface area contributed by atoms with Crippen molar-refractivity contribution in [3.05, 3.63) is 95.6 Å². The summed E-state index contributed by atoms with van der Waals surface area (Å²) in [4.78, 5) is 8.95. The van der Waals surface area contributed by atoms with Crippen molar-refractivity contribution >= 4 is 43.9 Å². The number of aryl methyl sites for hydroxylation is 3. The molecule has 0 radical (unpaired) electrons. The second-order valence-corrected chi connectivity index (χ2v) is 14.8. The van der Waals surface area contributed by atoms with Crippen molar-refractivity contribution in [1.29, 1.82) is 0 Å². The minimum Gasteiger partial charge on any atom is -0.317 e. The molecule has 2 N–H and O–H groups in total. The molecule has 2 fully saturated rings. The van der Waals surface area contributed by atoms with E-state index in [0.29, 0.717) is 50.2 Å². The fourth-order valence-electron chi connectivity index (χ4n) is 7.84. The lowest BCUT2D eigenvalue weighted by atomic mass is 9.97. The van der Waals surface area contributed by atoms with Crippen molar-refractivity contribution < 1.29 is 13.2 Å². The highest BCUT2D eigenvalue weighted by molar-refractivity contribution is 5.90. The Morgan fingerprint density at radius 2 is 0.929 bits per heavy atom. The Labute approximate surface area is 319 Å². The Kier molecular flexibility index (Phi) is 9.33. The number of nitrogens with zero attached hydrogens (tertiary/aromatic N) is 10. The van der Waals surface area contributed by atoms with E-state index in [1.807, 2.05) is 38.4 Å². The first kappa shape index (κ1) is 35.8. The number of hydrogen-bond acceptors (Lipinski definition) is 10. The van der Waals surface area contributed by atoms with Crippen LogP contribution in [0.15, 0.2) is 60.9 Å². The summed E-state index contributed by atoms with van der Waals surface area (Å²) in [5.74, 6) is 0.383. The number of benzene rings is 4. The third-order valence-corrected chi connectivity index (χ3v) is 10.7. The number of fused-ring (bicyclic) bond motifs is 4. The monoisotopic (exact) mass is 756 g/mol. The Morgan fingerprint density at radius 3 is 1.43 bits per heavy atom. The average molecular weight is 757 g/mol. The van der Waals surface area contributed by atoms with E-state index in [4.69, 9.17) is 0 Å². The Balaban J connectivity index is 0.000000146. The minimum atomic E-state index is -0.482. The topological polar surface area (TPSA) is 137 Å². The molecule has 2 aliphatic heterocycles. The number of halogens is 3. The van der Waals surface area contributed by atoms with Crippen molar-refractivity contribution in [2.45, 2.75) is 44.4 Å². The maximum absolute atomic E-state index is 14.9. The summed E-state index contributed by atoms with van der Waals surface area (Å²) in [6.45, 7) is 5.68. The van der Waals surface area contributed by atoms with Crippen molar-refractivity contribution in [3.8, 4) is 22.3 Å². The maximum Gasteiger partial charge on any atom is 0.154 e. The average Bonchev–Trinajstić information content (AvgIpc) is 3.80. The molecule has 0 aliphatic carbocycles. The lowest BCUT2D eigenvalue weighted by Gasteiger charge is -2.20. The van der Waals surface area contributed by atoms with Crippen molar-refractivity contribution in [3.63, 3.8) is 0 Å². The van der Waals surface area contributed by atoms with Crippen LogP contribution in [0, 0.1) is 24.4 Å². The number of rotatable bonds is 4. The van der Waals surface area contributed by atoms with Gasteiger partial charge in [0.2, 0.25) is 0 Å². The zero-order valence-corrected chi connectivity index (χ0v) is 31.2. The zero-order chi connectivity index (χ0) is 38.5. The van der Waals surface area contributed by atoms with Gasteiger partial charge in [-0.25, -0.2) is 23.1 Å². The first-order valence-electron chi connectivity index (χ1n) is 18.8. The molecule has 56 heavy (non-hydrogen) atoms. The van der Waals surface area contributed by atoms with E-state index < -0.39 is 11.6 Å². The van der Waals surface area contributed by atoms with E-state index in [1.54, 1.807) is 40.8 Å². The van der Waals surface area contributed by atoms with Gasteiger partial charge >= 0.3 is 0 Å². The van der Waals surface area contributed by atoms with Gasteiger partial charge in [0.25, 0.3) is 0 Å². The van der Waals surface area contributed by atoms with Crippen LogP contribution in [0.3, 0.4) is 0 Å². The molecule has 15 heteroatoms. The molecule has 2 aliphatic rings. The summed E-state index contributed by atoms with van der Waals surface area (Å²) >= 11 is 0. The van der Waals surface area contributed by atoms with E-state index >= 15 is 0 Å². The van der Waals surface area contributed by atoms with Crippen LogP contribution in [0.4, 0.5) is 13.2 Å². The lowest BCUT2D eigenvalue weighted by Crippen LogP contribution is -2.27. The molecule has 6 heterocycles. The number of aromatic nitrogens is 10. The minimum absolute atomic E-state index is 0.194. The smallest absolute Gasteiger partial charge is 0.154 e. The first-order chi connectivity index (χ1) is 27.2. The molecule has 4 aromatic heterocycles. The van der Waals surface area contributed by atoms with E-state index in [-0.39, 0.29) is 23.2 Å². The molecule has 12 nitrogen and oxygen atoms in total. The number of nitrogens with one attached hydrogen (secondary N) is 2. The SMILES string of the molecule is Cc1cc(-c2cc(F)c3nc(C4CCNCC4)nnc3c2)cc2cn(C)nc12.Cn1cc2cc(-c3cc(F)c4nc(C5CCNCC5)nnc4c3)cc(F)c2n1. The Morgan fingerprint density at radius 1 is 0.518 bits per heavy atom. The molecular formula is C41H39F3N12. The largest absolute Gasteiger partial charge is 0.317 e. The van der Waals surface area contributed by atoms with Crippen LogP contribution in [0.1, 0.15) is 54.7 Å². The highest BCUT2D eigenvalue weighted by atomic mass is 19.1. The van der Waals surface area contributed by atoms with Gasteiger partial charge in [0, 0.05) is 49.1 Å². The van der Waals surface area contributed by atoms with Gasteiger partial charge in [-0.1, -0.05) is 0 Å². The van der Waals surface area contributed by atoms with Crippen LogP contribution in [0.25, 0.3) is 66.1 Å². The van der Waals surface area contributed by atoms with Crippen molar-refractivity contribution in [1.82, 2.24) is 60.6 Å². The number of hydrogen-bond donors (Lipinski definition) is 2. The predicted molar refractivity (Wildman–Crippen MR) is 208 cm³/mol. The molecule has 284 valence electrons. The quantitative estimate of drug-likeness (QED) is 0.197. The van der Waals surface area contributed by atoms with Gasteiger partial charge in [-0.3, -0.25) is 9.36 Å². The van der Waals surface area contributed by atoms with E-state index in [9.17, 15) is 13.2 Å². The Hall–Kier alpha value is -5.93. The highest BCUT2D eigenvalue weighted by Gasteiger charge is 2.22. The lowest BCUT2D eigenvalue weighted by molar-refractivity contribution is 0.442. The van der Waals surface area contributed by atoms with Crippen molar-refractivity contribution in [2.75, 3.05) is 26.2 Å². The van der Waals surface area contributed by atoms with Gasteiger partial charge in [0.1, 0.15) is 27.6 Å². The molecule has 10 rings (SSSR count). The molecule has 8 aromatic rings. The summed E-state index contributed by atoms with van der Waals surface area (Å²) in [5.41, 5.74) is 6.44. The van der Waals surface area contributed by atoms with E-state index in [1.165, 1.54) is 12.1 Å². The fourth-order valence-corrected chi connectivity index (χ4v) is 7.84. The molecule has 0 amide bonds. The van der Waals surface area contributed by atoms with Crippen molar-refractivity contribution in [2.24, 2.45) is 14.1 Å². The fraction of sp³-hybridized carbons (Fsp3) is 0.317. The molecule has 4 aromatic carbocycles. The molecule has 0 unspecified atom stereocenters. The normalized spacial score (nSPS) is 15.5. The van der Waals surface area contributed by atoms with Crippen LogP contribution < -0.4 is 10.6 Å².